The quantitative estimate of drug-likeness (QED) is 0.398. The van der Waals surface area contributed by atoms with Crippen molar-refractivity contribution >= 4 is 22.5 Å². The summed E-state index contributed by atoms with van der Waals surface area (Å²) in [5, 5.41) is 19.1. The van der Waals surface area contributed by atoms with E-state index in [1.807, 2.05) is 30.5 Å². The molecular formula is C20H17N5O3. The normalized spacial score (nSPS) is 10.9. The molecule has 4 aromatic rings. The monoisotopic (exact) mass is 375 g/mol. The Bertz CT molecular complexity index is 1160. The van der Waals surface area contributed by atoms with Gasteiger partial charge >= 0.3 is 0 Å². The van der Waals surface area contributed by atoms with E-state index < -0.39 is 4.92 Å². The Morgan fingerprint density at radius 3 is 2.89 bits per heavy atom. The molecule has 2 aromatic carbocycles. The van der Waals surface area contributed by atoms with Crippen LogP contribution in [0.15, 0.2) is 67.0 Å². The Kier molecular flexibility index (Phi) is 4.59. The van der Waals surface area contributed by atoms with Gasteiger partial charge in [0.1, 0.15) is 0 Å². The van der Waals surface area contributed by atoms with Crippen LogP contribution in [0.1, 0.15) is 16.1 Å². The first-order valence-electron chi connectivity index (χ1n) is 8.75. The van der Waals surface area contributed by atoms with Crippen molar-refractivity contribution in [3.8, 4) is 5.69 Å². The topological polar surface area (TPSA) is 106 Å². The van der Waals surface area contributed by atoms with Crippen molar-refractivity contribution in [1.29, 1.82) is 0 Å². The number of nitro benzene ring substituents is 1. The Hall–Kier alpha value is -3.94. The van der Waals surface area contributed by atoms with Gasteiger partial charge in [0.15, 0.2) is 5.69 Å². The number of fused-ring (bicyclic) bond motifs is 1. The second-order valence-corrected chi connectivity index (χ2v) is 6.29. The maximum atomic E-state index is 12.4. The molecule has 0 aliphatic carbocycles. The molecule has 0 aliphatic heterocycles. The van der Waals surface area contributed by atoms with Crippen LogP contribution in [0, 0.1) is 10.1 Å². The Balaban J connectivity index is 1.41. The van der Waals surface area contributed by atoms with Crippen molar-refractivity contribution in [3.63, 3.8) is 0 Å². The van der Waals surface area contributed by atoms with Gasteiger partial charge in [-0.2, -0.15) is 5.10 Å². The average Bonchev–Trinajstić information content (AvgIpc) is 3.36. The summed E-state index contributed by atoms with van der Waals surface area (Å²) in [7, 11) is 0. The van der Waals surface area contributed by atoms with Crippen LogP contribution in [0.25, 0.3) is 16.6 Å². The van der Waals surface area contributed by atoms with Gasteiger partial charge < -0.3 is 10.3 Å². The predicted molar refractivity (Wildman–Crippen MR) is 105 cm³/mol. The molecule has 0 saturated heterocycles. The minimum Gasteiger partial charge on any atom is -0.361 e. The van der Waals surface area contributed by atoms with Gasteiger partial charge in [-0.3, -0.25) is 14.9 Å². The van der Waals surface area contributed by atoms with Gasteiger partial charge in [-0.25, -0.2) is 4.68 Å². The number of hydrogen-bond acceptors (Lipinski definition) is 4. The summed E-state index contributed by atoms with van der Waals surface area (Å²) in [6.07, 6.45) is 4.25. The molecular weight excluding hydrogens is 358 g/mol. The zero-order valence-corrected chi connectivity index (χ0v) is 14.8. The lowest BCUT2D eigenvalue weighted by Crippen LogP contribution is -2.26. The molecule has 2 N–H and O–H groups in total. The molecule has 0 atom stereocenters. The van der Waals surface area contributed by atoms with E-state index in [2.05, 4.69) is 15.4 Å². The van der Waals surface area contributed by atoms with E-state index in [9.17, 15) is 14.9 Å². The molecule has 2 aromatic heterocycles. The summed E-state index contributed by atoms with van der Waals surface area (Å²) in [6.45, 7) is 0.477. The highest BCUT2D eigenvalue weighted by Gasteiger charge is 2.12. The lowest BCUT2D eigenvalue weighted by Gasteiger charge is -2.03. The minimum absolute atomic E-state index is 0.0299. The number of nitrogens with one attached hydrogen (secondary N) is 2. The van der Waals surface area contributed by atoms with Gasteiger partial charge in [0.2, 0.25) is 0 Å². The van der Waals surface area contributed by atoms with E-state index in [1.54, 1.807) is 24.4 Å². The number of aromatic nitrogens is 3. The predicted octanol–water partition coefficient (Wildman–Crippen LogP) is 3.23. The van der Waals surface area contributed by atoms with Crippen LogP contribution >= 0.6 is 0 Å². The number of para-hydroxylation sites is 1. The molecule has 0 radical (unpaired) electrons. The molecule has 0 bridgehead atoms. The number of H-pyrrole nitrogens is 1. The van der Waals surface area contributed by atoms with Gasteiger partial charge in [0, 0.05) is 42.0 Å². The number of carbonyl (C=O) groups is 1. The molecule has 140 valence electrons. The highest BCUT2D eigenvalue weighted by molar-refractivity contribution is 5.92. The van der Waals surface area contributed by atoms with Crippen molar-refractivity contribution in [2.24, 2.45) is 0 Å². The highest BCUT2D eigenvalue weighted by Crippen LogP contribution is 2.18. The molecule has 0 saturated carbocycles. The Morgan fingerprint density at radius 2 is 2.04 bits per heavy atom. The molecule has 0 unspecified atom stereocenters. The summed E-state index contributed by atoms with van der Waals surface area (Å²) in [6, 6.07) is 15.7. The number of nitrogens with zero attached hydrogens (tertiary/aromatic N) is 3. The molecule has 28 heavy (non-hydrogen) atoms. The molecule has 0 spiro atoms. The van der Waals surface area contributed by atoms with Crippen LogP contribution in [0.3, 0.4) is 0 Å². The summed E-state index contributed by atoms with van der Waals surface area (Å²) in [5.41, 5.74) is 2.95. The van der Waals surface area contributed by atoms with Crippen LogP contribution in [-0.2, 0) is 6.42 Å². The number of rotatable bonds is 6. The van der Waals surface area contributed by atoms with Crippen LogP contribution in [0.4, 0.5) is 5.69 Å². The van der Waals surface area contributed by atoms with Gasteiger partial charge in [-0.05, 0) is 30.2 Å². The van der Waals surface area contributed by atoms with Crippen molar-refractivity contribution in [2.75, 3.05) is 6.54 Å². The zero-order chi connectivity index (χ0) is 19.5. The first-order chi connectivity index (χ1) is 13.6. The fourth-order valence-electron chi connectivity index (χ4n) is 3.08. The average molecular weight is 375 g/mol. The Morgan fingerprint density at radius 1 is 1.18 bits per heavy atom. The largest absolute Gasteiger partial charge is 0.361 e. The summed E-state index contributed by atoms with van der Waals surface area (Å²) < 4.78 is 1.45. The fourth-order valence-corrected chi connectivity index (χ4v) is 3.08. The van der Waals surface area contributed by atoms with Crippen LogP contribution < -0.4 is 5.32 Å². The van der Waals surface area contributed by atoms with Crippen molar-refractivity contribution in [2.45, 2.75) is 6.42 Å². The minimum atomic E-state index is -0.467. The molecule has 8 nitrogen and oxygen atoms in total. The summed E-state index contributed by atoms with van der Waals surface area (Å²) in [4.78, 5) is 26.0. The van der Waals surface area contributed by atoms with Crippen LogP contribution in [0.5, 0.6) is 0 Å². The number of nitro groups is 1. The van der Waals surface area contributed by atoms with Gasteiger partial charge in [-0.1, -0.05) is 24.3 Å². The number of hydrogen-bond donors (Lipinski definition) is 2. The first kappa shape index (κ1) is 17.5. The molecule has 1 amide bonds. The Labute approximate surface area is 160 Å². The van der Waals surface area contributed by atoms with Crippen LogP contribution in [0.2, 0.25) is 0 Å². The number of aromatic amines is 1. The number of amides is 1. The number of non-ortho nitro benzene ring substituents is 1. The molecule has 8 heteroatoms. The van der Waals surface area contributed by atoms with Crippen molar-refractivity contribution in [1.82, 2.24) is 20.1 Å². The van der Waals surface area contributed by atoms with E-state index in [-0.39, 0.29) is 17.3 Å². The van der Waals surface area contributed by atoms with Crippen molar-refractivity contribution < 1.29 is 9.72 Å². The molecule has 4 rings (SSSR count). The van der Waals surface area contributed by atoms with Gasteiger partial charge in [-0.15, -0.1) is 0 Å². The summed E-state index contributed by atoms with van der Waals surface area (Å²) in [5.74, 6) is -0.288. The lowest BCUT2D eigenvalue weighted by molar-refractivity contribution is -0.384. The third kappa shape index (κ3) is 3.48. The van der Waals surface area contributed by atoms with E-state index in [1.165, 1.54) is 16.8 Å². The fraction of sp³-hybridized carbons (Fsp3) is 0.100. The molecule has 0 aliphatic rings. The summed E-state index contributed by atoms with van der Waals surface area (Å²) >= 11 is 0. The van der Waals surface area contributed by atoms with Crippen LogP contribution in [-0.4, -0.2) is 32.1 Å². The van der Waals surface area contributed by atoms with E-state index in [0.29, 0.717) is 18.7 Å². The second kappa shape index (κ2) is 7.36. The SMILES string of the molecule is O=C(NCCc1c[nH]c2ccccc12)c1ccn(-c2cccc([N+](=O)[O-])c2)n1. The van der Waals surface area contributed by atoms with E-state index >= 15 is 0 Å². The number of carbonyl (C=O) groups excluding carboxylic acids is 1. The van der Waals surface area contributed by atoms with Crippen molar-refractivity contribution in [3.05, 3.63) is 88.4 Å². The third-order valence-electron chi connectivity index (χ3n) is 4.48. The number of benzene rings is 2. The second-order valence-electron chi connectivity index (χ2n) is 6.29. The zero-order valence-electron chi connectivity index (χ0n) is 14.8. The maximum absolute atomic E-state index is 12.4. The lowest BCUT2D eigenvalue weighted by atomic mass is 10.1. The molecule has 2 heterocycles. The third-order valence-corrected chi connectivity index (χ3v) is 4.48. The van der Waals surface area contributed by atoms with E-state index in [4.69, 9.17) is 0 Å². The van der Waals surface area contributed by atoms with E-state index in [0.717, 1.165) is 16.5 Å². The van der Waals surface area contributed by atoms with Gasteiger partial charge in [0.25, 0.3) is 11.6 Å². The maximum Gasteiger partial charge on any atom is 0.271 e. The first-order valence-corrected chi connectivity index (χ1v) is 8.75. The smallest absolute Gasteiger partial charge is 0.271 e. The standard InChI is InChI=1S/C20H17N5O3/c26-20(21-10-8-14-13-22-18-7-2-1-6-17(14)18)19-9-11-24(23-19)15-4-3-5-16(12-15)25(27)28/h1-7,9,11-13,22H,8,10H2,(H,21,26). The molecule has 0 fully saturated rings. The van der Waals surface area contributed by atoms with Gasteiger partial charge in [0.05, 0.1) is 10.6 Å². The highest BCUT2D eigenvalue weighted by atomic mass is 16.6.